The van der Waals surface area contributed by atoms with E-state index in [0.29, 0.717) is 5.69 Å². The topological polar surface area (TPSA) is 73.0 Å². The van der Waals surface area contributed by atoms with Crippen molar-refractivity contribution in [3.63, 3.8) is 0 Å². The number of para-hydroxylation sites is 1. The fraction of sp³-hybridized carbons (Fsp3) is 0.0952. The summed E-state index contributed by atoms with van der Waals surface area (Å²) in [6.45, 7) is 0. The summed E-state index contributed by atoms with van der Waals surface area (Å²) < 4.78 is 50.3. The number of alkyl halides is 2. The van der Waals surface area contributed by atoms with Crippen LogP contribution in [0.2, 0.25) is 5.02 Å². The van der Waals surface area contributed by atoms with Gasteiger partial charge in [0.15, 0.2) is 5.76 Å². The third-order valence-corrected chi connectivity index (χ3v) is 5.26. The Morgan fingerprint density at radius 3 is 2.53 bits per heavy atom. The number of nitrogens with zero attached hydrogens (tertiary/aromatic N) is 3. The number of carbonyl (C=O) groups is 1. The molecule has 0 fully saturated rings. The normalized spacial score (nSPS) is 11.6. The molecular formula is C21H15ClF3N4O2P. The highest BCUT2D eigenvalue weighted by Crippen LogP contribution is 2.44. The average Bonchev–Trinajstić information content (AvgIpc) is 3.38. The standard InChI is InChI=1S/C21H15ClF3N4O2P/c1-26-20(30)16-17(15-13(22)8-5-9-14(15)23)28-31-18(16)12-10-27-29(19(12)21(24,25)32)11-6-3-2-4-7-11/h2-10H,32H2,1H3,(H,26,30). The van der Waals surface area contributed by atoms with E-state index in [2.05, 4.69) is 15.6 Å². The van der Waals surface area contributed by atoms with Gasteiger partial charge in [0.05, 0.1) is 28.0 Å². The monoisotopic (exact) mass is 478 g/mol. The van der Waals surface area contributed by atoms with Crippen LogP contribution in [0.5, 0.6) is 0 Å². The zero-order valence-corrected chi connectivity index (χ0v) is 18.4. The molecule has 0 radical (unpaired) electrons. The summed E-state index contributed by atoms with van der Waals surface area (Å²) in [4.78, 5) is 12.7. The van der Waals surface area contributed by atoms with Crippen LogP contribution < -0.4 is 5.32 Å². The van der Waals surface area contributed by atoms with E-state index in [0.717, 1.165) is 16.9 Å². The molecule has 1 unspecified atom stereocenters. The van der Waals surface area contributed by atoms with Crippen LogP contribution in [0, 0.1) is 5.82 Å². The number of hydrogen-bond donors (Lipinski definition) is 1. The smallest absolute Gasteiger partial charge is 0.301 e. The number of hydrogen-bond acceptors (Lipinski definition) is 4. The van der Waals surface area contributed by atoms with Gasteiger partial charge in [0, 0.05) is 7.05 Å². The second-order valence-electron chi connectivity index (χ2n) is 6.69. The fourth-order valence-electron chi connectivity index (χ4n) is 3.30. The van der Waals surface area contributed by atoms with Gasteiger partial charge in [-0.15, -0.1) is 0 Å². The third-order valence-electron chi connectivity index (χ3n) is 4.68. The summed E-state index contributed by atoms with van der Waals surface area (Å²) in [7, 11) is 2.79. The van der Waals surface area contributed by atoms with Crippen LogP contribution in [-0.4, -0.2) is 27.9 Å². The highest BCUT2D eigenvalue weighted by molar-refractivity contribution is 7.17. The van der Waals surface area contributed by atoms with E-state index >= 15 is 0 Å². The largest absolute Gasteiger partial charge is 0.355 e. The minimum absolute atomic E-state index is 0.0217. The number of rotatable bonds is 5. The molecule has 1 atom stereocenters. The van der Waals surface area contributed by atoms with Gasteiger partial charge in [0.25, 0.3) is 5.91 Å². The quantitative estimate of drug-likeness (QED) is 0.397. The van der Waals surface area contributed by atoms with Crippen LogP contribution in [-0.2, 0) is 5.66 Å². The number of aromatic nitrogens is 3. The molecule has 0 saturated heterocycles. The lowest BCUT2D eigenvalue weighted by Crippen LogP contribution is -2.19. The molecule has 2 aromatic heterocycles. The maximum Gasteiger partial charge on any atom is 0.301 e. The molecule has 2 aromatic carbocycles. The summed E-state index contributed by atoms with van der Waals surface area (Å²) >= 11 is 6.13. The fourth-order valence-corrected chi connectivity index (χ4v) is 3.83. The summed E-state index contributed by atoms with van der Waals surface area (Å²) in [6.07, 6.45) is 1.14. The number of carbonyl (C=O) groups excluding carboxylic acids is 1. The maximum absolute atomic E-state index is 14.7. The first-order valence-electron chi connectivity index (χ1n) is 9.21. The highest BCUT2D eigenvalue weighted by Gasteiger charge is 2.38. The minimum Gasteiger partial charge on any atom is -0.355 e. The van der Waals surface area contributed by atoms with Gasteiger partial charge >= 0.3 is 5.66 Å². The van der Waals surface area contributed by atoms with Gasteiger partial charge in [-0.25, -0.2) is 9.07 Å². The number of amides is 1. The summed E-state index contributed by atoms with van der Waals surface area (Å²) in [6, 6.07) is 12.2. The van der Waals surface area contributed by atoms with Gasteiger partial charge in [0.1, 0.15) is 22.8 Å². The van der Waals surface area contributed by atoms with Gasteiger partial charge in [-0.1, -0.05) is 50.3 Å². The van der Waals surface area contributed by atoms with Crippen molar-refractivity contribution in [1.82, 2.24) is 20.3 Å². The van der Waals surface area contributed by atoms with Crippen LogP contribution in [0.15, 0.2) is 59.3 Å². The Labute approximate surface area is 187 Å². The van der Waals surface area contributed by atoms with E-state index < -0.39 is 23.1 Å². The molecule has 4 rings (SSSR count). The van der Waals surface area contributed by atoms with E-state index in [4.69, 9.17) is 16.1 Å². The summed E-state index contributed by atoms with van der Waals surface area (Å²) in [5, 5.41) is 10.3. The molecule has 0 saturated carbocycles. The number of benzene rings is 2. The Morgan fingerprint density at radius 2 is 1.91 bits per heavy atom. The molecule has 0 aliphatic carbocycles. The van der Waals surface area contributed by atoms with Crippen LogP contribution in [0.25, 0.3) is 28.3 Å². The van der Waals surface area contributed by atoms with Gasteiger partial charge in [-0.3, -0.25) is 4.79 Å². The molecular weight excluding hydrogens is 464 g/mol. The molecule has 0 bridgehead atoms. The van der Waals surface area contributed by atoms with E-state index in [-0.39, 0.29) is 33.2 Å². The van der Waals surface area contributed by atoms with Crippen molar-refractivity contribution >= 4 is 26.7 Å². The first-order chi connectivity index (χ1) is 15.2. The van der Waals surface area contributed by atoms with Crippen molar-refractivity contribution < 1.29 is 22.5 Å². The predicted octanol–water partition coefficient (Wildman–Crippen LogP) is 5.27. The second kappa shape index (κ2) is 8.41. The molecule has 32 heavy (non-hydrogen) atoms. The Bertz CT molecular complexity index is 1280. The highest BCUT2D eigenvalue weighted by atomic mass is 35.5. The van der Waals surface area contributed by atoms with Crippen molar-refractivity contribution in [2.45, 2.75) is 5.66 Å². The number of halogens is 4. The molecule has 0 aliphatic heterocycles. The van der Waals surface area contributed by atoms with Crippen LogP contribution >= 0.6 is 20.8 Å². The lowest BCUT2D eigenvalue weighted by molar-refractivity contribution is 0.0948. The van der Waals surface area contributed by atoms with Gasteiger partial charge in [-0.05, 0) is 24.3 Å². The predicted molar refractivity (Wildman–Crippen MR) is 116 cm³/mol. The van der Waals surface area contributed by atoms with Crippen molar-refractivity contribution in [3.05, 3.63) is 76.8 Å². The second-order valence-corrected chi connectivity index (χ2v) is 7.82. The van der Waals surface area contributed by atoms with Gasteiger partial charge in [-0.2, -0.15) is 13.9 Å². The van der Waals surface area contributed by atoms with Crippen molar-refractivity contribution in [1.29, 1.82) is 0 Å². The Balaban J connectivity index is 2.01. The lowest BCUT2D eigenvalue weighted by atomic mass is 10.0. The van der Waals surface area contributed by atoms with E-state index in [1.165, 1.54) is 28.4 Å². The third kappa shape index (κ3) is 3.78. The summed E-state index contributed by atoms with van der Waals surface area (Å²) in [5.41, 5.74) is -4.47. The molecule has 1 N–H and O–H groups in total. The van der Waals surface area contributed by atoms with E-state index in [1.54, 1.807) is 30.3 Å². The summed E-state index contributed by atoms with van der Waals surface area (Å²) in [5.74, 6) is -1.77. The van der Waals surface area contributed by atoms with E-state index in [9.17, 15) is 18.0 Å². The Morgan fingerprint density at radius 1 is 1.19 bits per heavy atom. The molecule has 0 spiro atoms. The SMILES string of the molecule is CNC(=O)c1c(-c2c(F)cccc2Cl)noc1-c1cnn(-c2ccccc2)c1C(F)(F)P. The Hall–Kier alpha value is -3.16. The molecule has 164 valence electrons. The van der Waals surface area contributed by atoms with Gasteiger partial charge < -0.3 is 9.84 Å². The zero-order chi connectivity index (χ0) is 23.0. The van der Waals surface area contributed by atoms with Crippen molar-refractivity contribution in [2.75, 3.05) is 7.05 Å². The minimum atomic E-state index is -3.45. The molecule has 0 aliphatic rings. The first kappa shape index (κ1) is 22.0. The molecule has 4 aromatic rings. The van der Waals surface area contributed by atoms with Crippen LogP contribution in [0.3, 0.4) is 0 Å². The Kier molecular flexibility index (Phi) is 5.79. The maximum atomic E-state index is 14.7. The van der Waals surface area contributed by atoms with Crippen molar-refractivity contribution in [2.24, 2.45) is 0 Å². The molecule has 6 nitrogen and oxygen atoms in total. The first-order valence-corrected chi connectivity index (χ1v) is 10.2. The zero-order valence-electron chi connectivity index (χ0n) is 16.4. The average molecular weight is 479 g/mol. The molecule has 1 amide bonds. The van der Waals surface area contributed by atoms with E-state index in [1.807, 2.05) is 0 Å². The molecule has 11 heteroatoms. The van der Waals surface area contributed by atoms with Gasteiger partial charge in [0.2, 0.25) is 0 Å². The molecule has 2 heterocycles. The lowest BCUT2D eigenvalue weighted by Gasteiger charge is -2.15. The number of nitrogens with one attached hydrogen (secondary N) is 1. The van der Waals surface area contributed by atoms with Crippen molar-refractivity contribution in [3.8, 4) is 28.3 Å². The van der Waals surface area contributed by atoms with Crippen LogP contribution in [0.1, 0.15) is 16.1 Å². The van der Waals surface area contributed by atoms with Crippen LogP contribution in [0.4, 0.5) is 13.2 Å².